The Morgan fingerprint density at radius 1 is 0.737 bits per heavy atom. The molecule has 0 aliphatic carbocycles. The number of hydrogen-bond acceptors (Lipinski definition) is 3. The van der Waals surface area contributed by atoms with Crippen molar-refractivity contribution >= 4 is 0 Å². The summed E-state index contributed by atoms with van der Waals surface area (Å²) in [5, 5.41) is 5.91. The summed E-state index contributed by atoms with van der Waals surface area (Å²) in [6.45, 7) is 3.18. The third kappa shape index (κ3) is 7.24. The lowest BCUT2D eigenvalue weighted by molar-refractivity contribution is -0.158. The van der Waals surface area contributed by atoms with Crippen molar-refractivity contribution in [3.8, 4) is 16.9 Å². The number of nitrogens with one attached hydrogen (secondary N) is 2. The van der Waals surface area contributed by atoms with E-state index >= 15 is 0 Å². The number of alkyl halides is 3. The van der Waals surface area contributed by atoms with Gasteiger partial charge in [0.25, 0.3) is 0 Å². The fourth-order valence-corrected chi connectivity index (χ4v) is 4.57. The maximum atomic E-state index is 13.9. The number of aryl methyl sites for hydroxylation is 1. The van der Waals surface area contributed by atoms with E-state index < -0.39 is 12.2 Å². The molecule has 4 aromatic carbocycles. The van der Waals surface area contributed by atoms with Gasteiger partial charge in [0.15, 0.2) is 0 Å². The summed E-state index contributed by atoms with van der Waals surface area (Å²) in [6, 6.07) is 28.2. The average molecular weight is 519 g/mol. The predicted molar refractivity (Wildman–Crippen MR) is 147 cm³/mol. The average Bonchev–Trinajstić information content (AvgIpc) is 2.92. The molecule has 0 saturated heterocycles. The van der Waals surface area contributed by atoms with Crippen LogP contribution in [0.25, 0.3) is 11.1 Å². The molecule has 0 aromatic heterocycles. The van der Waals surface area contributed by atoms with Crippen LogP contribution in [-0.2, 0) is 26.1 Å². The van der Waals surface area contributed by atoms with Crippen molar-refractivity contribution in [3.05, 3.63) is 125 Å². The molecule has 0 heterocycles. The normalized spacial score (nSPS) is 12.3. The Labute approximate surface area is 222 Å². The molecule has 0 amide bonds. The summed E-state index contributed by atoms with van der Waals surface area (Å²) >= 11 is 0. The lowest BCUT2D eigenvalue weighted by Crippen LogP contribution is -2.33. The highest BCUT2D eigenvalue weighted by atomic mass is 19.4. The molecule has 6 heteroatoms. The molecule has 0 radical (unpaired) electrons. The van der Waals surface area contributed by atoms with Gasteiger partial charge in [-0.2, -0.15) is 13.2 Å². The van der Waals surface area contributed by atoms with Gasteiger partial charge in [0.2, 0.25) is 0 Å². The molecule has 0 spiro atoms. The summed E-state index contributed by atoms with van der Waals surface area (Å²) < 4.78 is 48.0. The van der Waals surface area contributed by atoms with Crippen molar-refractivity contribution in [1.29, 1.82) is 0 Å². The molecule has 1 atom stereocenters. The van der Waals surface area contributed by atoms with E-state index in [9.17, 15) is 13.2 Å². The van der Waals surface area contributed by atoms with Crippen LogP contribution >= 0.6 is 0 Å². The number of rotatable bonds is 11. The first-order valence-corrected chi connectivity index (χ1v) is 12.8. The first kappa shape index (κ1) is 27.4. The van der Waals surface area contributed by atoms with Gasteiger partial charge in [-0.1, -0.05) is 79.7 Å². The number of halogens is 3. The number of ether oxygens (including phenoxy) is 1. The van der Waals surface area contributed by atoms with E-state index in [1.165, 1.54) is 12.1 Å². The smallest absolute Gasteiger partial charge is 0.407 e. The topological polar surface area (TPSA) is 33.3 Å². The molecule has 0 aliphatic rings. The van der Waals surface area contributed by atoms with Crippen LogP contribution in [0.15, 0.2) is 97.1 Å². The van der Waals surface area contributed by atoms with Crippen LogP contribution in [0, 0.1) is 0 Å². The molecule has 198 valence electrons. The Bertz CT molecular complexity index is 1320. The minimum Gasteiger partial charge on any atom is -0.489 e. The summed E-state index contributed by atoms with van der Waals surface area (Å²) in [5.74, 6) is 0.817. The van der Waals surface area contributed by atoms with Gasteiger partial charge in [-0.25, -0.2) is 0 Å². The highest BCUT2D eigenvalue weighted by Gasteiger charge is 2.40. The molecule has 4 rings (SSSR count). The second-order valence-electron chi connectivity index (χ2n) is 9.29. The van der Waals surface area contributed by atoms with Gasteiger partial charge in [-0.15, -0.1) is 0 Å². The zero-order valence-corrected chi connectivity index (χ0v) is 21.7. The molecule has 0 saturated carbocycles. The zero-order chi connectivity index (χ0) is 27.0. The second-order valence-corrected chi connectivity index (χ2v) is 9.29. The van der Waals surface area contributed by atoms with Crippen molar-refractivity contribution in [1.82, 2.24) is 10.6 Å². The molecular formula is C32H33F3N2O. The molecule has 3 nitrogen and oxygen atoms in total. The minimum atomic E-state index is -4.42. The SMILES string of the molecule is CCc1ccccc1OCc1cc(CNC(c2ccccc2)C(F)(F)F)cc(-c2cccc(CNC)c2)c1. The molecule has 38 heavy (non-hydrogen) atoms. The maximum absolute atomic E-state index is 13.9. The predicted octanol–water partition coefficient (Wildman–Crippen LogP) is 7.61. The molecule has 4 aromatic rings. The van der Waals surface area contributed by atoms with Crippen LogP contribution in [0.5, 0.6) is 5.75 Å². The van der Waals surface area contributed by atoms with E-state index in [1.54, 1.807) is 18.2 Å². The van der Waals surface area contributed by atoms with Gasteiger partial charge in [0.1, 0.15) is 18.4 Å². The summed E-state index contributed by atoms with van der Waals surface area (Å²) in [5.41, 5.74) is 6.03. The number of para-hydroxylation sites is 1. The standard InChI is InChI=1S/C32H33F3N2O/c1-3-26-11-7-8-15-30(26)38-22-25-16-24(18-29(19-25)28-14-9-10-23(17-28)20-36-2)21-37-31(32(33,34)35)27-12-5-4-6-13-27/h4-19,31,36-37H,3,20-22H2,1-2H3. The Morgan fingerprint density at radius 3 is 2.18 bits per heavy atom. The summed E-state index contributed by atoms with van der Waals surface area (Å²) in [6.07, 6.45) is -3.57. The Morgan fingerprint density at radius 2 is 1.45 bits per heavy atom. The maximum Gasteiger partial charge on any atom is 0.407 e. The van der Waals surface area contributed by atoms with Gasteiger partial charge >= 0.3 is 6.18 Å². The molecule has 2 N–H and O–H groups in total. The van der Waals surface area contributed by atoms with Crippen LogP contribution in [-0.4, -0.2) is 13.2 Å². The first-order valence-electron chi connectivity index (χ1n) is 12.8. The van der Waals surface area contributed by atoms with Crippen LogP contribution < -0.4 is 15.4 Å². The molecule has 1 unspecified atom stereocenters. The van der Waals surface area contributed by atoms with Crippen LogP contribution in [0.3, 0.4) is 0 Å². The van der Waals surface area contributed by atoms with Gasteiger partial charge in [-0.05, 0) is 76.7 Å². The number of hydrogen-bond donors (Lipinski definition) is 2. The van der Waals surface area contributed by atoms with Gasteiger partial charge in [0.05, 0.1) is 0 Å². The van der Waals surface area contributed by atoms with E-state index in [-0.39, 0.29) is 12.1 Å². The van der Waals surface area contributed by atoms with Crippen molar-refractivity contribution < 1.29 is 17.9 Å². The minimum absolute atomic E-state index is 0.0572. The summed E-state index contributed by atoms with van der Waals surface area (Å²) in [7, 11) is 1.90. The molecule has 0 bridgehead atoms. The van der Waals surface area contributed by atoms with E-state index in [2.05, 4.69) is 29.7 Å². The monoisotopic (exact) mass is 518 g/mol. The number of benzene rings is 4. The van der Waals surface area contributed by atoms with Crippen molar-refractivity contribution in [2.24, 2.45) is 0 Å². The molecule has 0 aliphatic heterocycles. The van der Waals surface area contributed by atoms with Crippen LogP contribution in [0.1, 0.15) is 40.8 Å². The van der Waals surface area contributed by atoms with E-state index in [4.69, 9.17) is 4.74 Å². The van der Waals surface area contributed by atoms with Gasteiger partial charge < -0.3 is 10.1 Å². The quantitative estimate of drug-likeness (QED) is 0.214. The Balaban J connectivity index is 1.64. The zero-order valence-electron chi connectivity index (χ0n) is 21.7. The highest BCUT2D eigenvalue weighted by molar-refractivity contribution is 5.66. The van der Waals surface area contributed by atoms with Gasteiger partial charge in [0, 0.05) is 13.1 Å². The van der Waals surface area contributed by atoms with Crippen LogP contribution in [0.2, 0.25) is 0 Å². The van der Waals surface area contributed by atoms with Crippen molar-refractivity contribution in [2.45, 2.75) is 45.3 Å². The lowest BCUT2D eigenvalue weighted by atomic mass is 9.98. The first-order chi connectivity index (χ1) is 18.4. The molecular weight excluding hydrogens is 485 g/mol. The fraction of sp³-hybridized carbons (Fsp3) is 0.250. The largest absolute Gasteiger partial charge is 0.489 e. The Kier molecular flexibility index (Phi) is 9.21. The summed E-state index contributed by atoms with van der Waals surface area (Å²) in [4.78, 5) is 0. The van der Waals surface area contributed by atoms with E-state index in [1.807, 2.05) is 61.6 Å². The van der Waals surface area contributed by atoms with Crippen LogP contribution in [0.4, 0.5) is 13.2 Å². The highest BCUT2D eigenvalue weighted by Crippen LogP contribution is 2.33. The van der Waals surface area contributed by atoms with Gasteiger partial charge in [-0.3, -0.25) is 5.32 Å². The van der Waals surface area contributed by atoms with Crippen molar-refractivity contribution in [2.75, 3.05) is 7.05 Å². The third-order valence-electron chi connectivity index (χ3n) is 6.41. The van der Waals surface area contributed by atoms with Crippen molar-refractivity contribution in [3.63, 3.8) is 0 Å². The second kappa shape index (κ2) is 12.8. The third-order valence-corrected chi connectivity index (χ3v) is 6.41. The van der Waals surface area contributed by atoms with E-state index in [0.717, 1.165) is 52.1 Å². The molecule has 0 fully saturated rings. The fourth-order valence-electron chi connectivity index (χ4n) is 4.57. The Hall–Kier alpha value is -3.61. The lowest BCUT2D eigenvalue weighted by Gasteiger charge is -2.22. The van der Waals surface area contributed by atoms with E-state index in [0.29, 0.717) is 6.61 Å².